The zero-order valence-corrected chi connectivity index (χ0v) is 29.4. The molecule has 4 aliphatic rings. The summed E-state index contributed by atoms with van der Waals surface area (Å²) < 4.78 is 0. The van der Waals surface area contributed by atoms with Crippen LogP contribution in [0, 0.1) is 17.3 Å². The Labute approximate surface area is 296 Å². The van der Waals surface area contributed by atoms with Gasteiger partial charge in [-0.2, -0.15) is 0 Å². The molecule has 3 aromatic carbocycles. The molecule has 4 saturated carbocycles. The minimum absolute atomic E-state index is 0.00554. The molecule has 0 aromatic heterocycles. The molecular formula is C37H41N13O. The van der Waals surface area contributed by atoms with E-state index < -0.39 is 11.0 Å². The van der Waals surface area contributed by atoms with Crippen LogP contribution in [-0.4, -0.2) is 11.4 Å². The van der Waals surface area contributed by atoms with E-state index in [2.05, 4.69) is 97.4 Å². The lowest BCUT2D eigenvalue weighted by molar-refractivity contribution is -0.148. The van der Waals surface area contributed by atoms with E-state index in [0.717, 1.165) is 71.0 Å². The molecule has 4 atom stereocenters. The van der Waals surface area contributed by atoms with Crippen molar-refractivity contribution in [3.05, 3.63) is 113 Å². The molecule has 0 saturated heterocycles. The van der Waals surface area contributed by atoms with Gasteiger partial charge in [-0.05, 0) is 159 Å². The van der Waals surface area contributed by atoms with Crippen molar-refractivity contribution in [2.75, 3.05) is 0 Å². The van der Waals surface area contributed by atoms with Gasteiger partial charge in [0.05, 0.1) is 17.5 Å². The highest BCUT2D eigenvalue weighted by molar-refractivity contribution is 5.84. The number of hydrogen-bond acceptors (Lipinski definition) is 5. The lowest BCUT2D eigenvalue weighted by Crippen LogP contribution is -2.59. The normalized spacial score (nSPS) is 22.8. The van der Waals surface area contributed by atoms with Crippen LogP contribution in [0.15, 0.2) is 69.0 Å². The van der Waals surface area contributed by atoms with Gasteiger partial charge < -0.3 is 5.32 Å². The second-order valence-corrected chi connectivity index (χ2v) is 15.2. The first-order valence-corrected chi connectivity index (χ1v) is 17.4. The van der Waals surface area contributed by atoms with Crippen LogP contribution >= 0.6 is 0 Å². The first kappa shape index (κ1) is 35.2. The summed E-state index contributed by atoms with van der Waals surface area (Å²) in [5.41, 5.74) is 43.8. The quantitative estimate of drug-likeness (QED) is 0.110. The molecule has 260 valence electrons. The van der Waals surface area contributed by atoms with Crippen LogP contribution in [-0.2, 0) is 17.9 Å². The third kappa shape index (κ3) is 7.17. The summed E-state index contributed by atoms with van der Waals surface area (Å²) >= 11 is 0. The number of nitrogens with zero attached hydrogens (tertiary/aromatic N) is 12. The smallest absolute Gasteiger partial charge is 0.226 e. The van der Waals surface area contributed by atoms with E-state index in [1.165, 1.54) is 0 Å². The van der Waals surface area contributed by atoms with E-state index in [4.69, 9.17) is 5.53 Å². The molecule has 0 spiro atoms. The second kappa shape index (κ2) is 14.3. The molecule has 4 fully saturated rings. The molecule has 2 unspecified atom stereocenters. The van der Waals surface area contributed by atoms with Crippen molar-refractivity contribution in [3.8, 4) is 22.3 Å². The number of carbonyl (C=O) groups excluding carboxylic acids is 1. The van der Waals surface area contributed by atoms with Crippen LogP contribution in [0.3, 0.4) is 0 Å². The fraction of sp³-hybridized carbons (Fsp3) is 0.486. The maximum atomic E-state index is 14.2. The van der Waals surface area contributed by atoms with E-state index in [9.17, 15) is 21.4 Å². The van der Waals surface area contributed by atoms with Gasteiger partial charge in [-0.3, -0.25) is 4.79 Å². The number of hydrogen-bond donors (Lipinski definition) is 1. The molecule has 14 nitrogen and oxygen atoms in total. The lowest BCUT2D eigenvalue weighted by Gasteiger charge is -2.59. The van der Waals surface area contributed by atoms with E-state index in [-0.39, 0.29) is 30.8 Å². The lowest BCUT2D eigenvalue weighted by atomic mass is 9.47. The molecule has 7 rings (SSSR count). The van der Waals surface area contributed by atoms with Crippen LogP contribution in [0.2, 0.25) is 0 Å². The largest absolute Gasteiger partial charge is 0.352 e. The molecule has 0 radical (unpaired) electrons. The van der Waals surface area contributed by atoms with Gasteiger partial charge in [0.15, 0.2) is 0 Å². The third-order valence-corrected chi connectivity index (χ3v) is 10.9. The van der Waals surface area contributed by atoms with Crippen LogP contribution in [0.1, 0.15) is 100 Å². The summed E-state index contributed by atoms with van der Waals surface area (Å²) in [4.78, 5) is 26.4. The van der Waals surface area contributed by atoms with Gasteiger partial charge in [-0.25, -0.2) is 0 Å². The summed E-state index contributed by atoms with van der Waals surface area (Å²) in [5, 5.41) is 19.2. The molecule has 0 heterocycles. The molecule has 3 aromatic rings. The predicted molar refractivity (Wildman–Crippen MR) is 197 cm³/mol. The standard InChI is InChI=1S/C37H41N13O/c1-21(2)32-12-30(13-33(22(3)4)34(32)45-49-40)28-7-23(6-27(10-28)29-8-24(19-43-47-38)9-31(11-29)44-48-39)18-42-35(51)36-14-25-5-26(15-36)17-37(16-25,20-36)46-50-41/h6-13,21-22,25-26H,5,14-20H2,1-4H3,(H,42,51)/t25-,26+,36?,37?. The van der Waals surface area contributed by atoms with Gasteiger partial charge in [0.25, 0.3) is 0 Å². The van der Waals surface area contributed by atoms with E-state index in [0.29, 0.717) is 35.2 Å². The second-order valence-electron chi connectivity index (χ2n) is 15.2. The van der Waals surface area contributed by atoms with Crippen LogP contribution in [0.4, 0.5) is 11.4 Å². The third-order valence-electron chi connectivity index (χ3n) is 10.9. The zero-order valence-electron chi connectivity index (χ0n) is 29.4. The van der Waals surface area contributed by atoms with Gasteiger partial charge in [0.1, 0.15) is 0 Å². The van der Waals surface area contributed by atoms with Crippen molar-refractivity contribution in [1.29, 1.82) is 0 Å². The SMILES string of the molecule is CC(C)c1cc(-c2cc(CNC(=O)C34C[C@@H]5C[C@@H](CC(N=[N+]=[N-])(C5)C3)C4)cc(-c3cc(CN=[N+]=[N-])cc(N=[N+]=[N-])c3)c2)cc(C(C)C)c1N=[N+]=[N-]. The molecule has 4 aliphatic carbocycles. The Morgan fingerprint density at radius 3 is 1.90 bits per heavy atom. The van der Waals surface area contributed by atoms with Crippen LogP contribution in [0.5, 0.6) is 0 Å². The highest BCUT2D eigenvalue weighted by atomic mass is 16.2. The van der Waals surface area contributed by atoms with Crippen molar-refractivity contribution in [2.24, 2.45) is 37.7 Å². The number of carbonyl (C=O) groups is 1. The molecular weight excluding hydrogens is 642 g/mol. The Hall–Kier alpha value is -5.63. The van der Waals surface area contributed by atoms with E-state index >= 15 is 0 Å². The van der Waals surface area contributed by atoms with Crippen molar-refractivity contribution in [1.82, 2.24) is 5.32 Å². The molecule has 51 heavy (non-hydrogen) atoms. The van der Waals surface area contributed by atoms with Crippen molar-refractivity contribution >= 4 is 17.3 Å². The Balaban J connectivity index is 1.44. The molecule has 1 amide bonds. The number of rotatable bonds is 12. The molecule has 14 heteroatoms. The van der Waals surface area contributed by atoms with Crippen molar-refractivity contribution < 1.29 is 4.79 Å². The fourth-order valence-corrected chi connectivity index (χ4v) is 9.23. The van der Waals surface area contributed by atoms with Gasteiger partial charge in [0, 0.05) is 37.6 Å². The zero-order chi connectivity index (χ0) is 36.3. The highest BCUT2D eigenvalue weighted by Crippen LogP contribution is 2.63. The summed E-state index contributed by atoms with van der Waals surface area (Å²) in [5.74, 6) is 0.953. The van der Waals surface area contributed by atoms with Gasteiger partial charge in [-0.15, -0.1) is 0 Å². The minimum Gasteiger partial charge on any atom is -0.352 e. The highest BCUT2D eigenvalue weighted by Gasteiger charge is 2.60. The van der Waals surface area contributed by atoms with Gasteiger partial charge in [-0.1, -0.05) is 66.4 Å². The van der Waals surface area contributed by atoms with Crippen molar-refractivity contribution in [2.45, 2.75) is 96.7 Å². The maximum absolute atomic E-state index is 14.2. The van der Waals surface area contributed by atoms with Gasteiger partial charge in [0.2, 0.25) is 5.91 Å². The van der Waals surface area contributed by atoms with Crippen LogP contribution < -0.4 is 5.32 Å². The number of azide groups is 4. The topological polar surface area (TPSA) is 224 Å². The molecule has 4 bridgehead atoms. The van der Waals surface area contributed by atoms with Crippen molar-refractivity contribution in [3.63, 3.8) is 0 Å². The van der Waals surface area contributed by atoms with Gasteiger partial charge >= 0.3 is 0 Å². The average molecular weight is 684 g/mol. The minimum atomic E-state index is -0.548. The molecule has 1 N–H and O–H groups in total. The fourth-order valence-electron chi connectivity index (χ4n) is 9.23. The molecule has 0 aliphatic heterocycles. The van der Waals surface area contributed by atoms with E-state index in [1.807, 2.05) is 12.1 Å². The number of amides is 1. The Kier molecular flexibility index (Phi) is 9.88. The Bertz CT molecular complexity index is 2040. The Morgan fingerprint density at radius 1 is 0.745 bits per heavy atom. The number of nitrogens with one attached hydrogen (secondary N) is 1. The monoisotopic (exact) mass is 683 g/mol. The first-order chi connectivity index (χ1) is 24.5. The number of benzene rings is 3. The summed E-state index contributed by atoms with van der Waals surface area (Å²) in [6, 6.07) is 15.6. The maximum Gasteiger partial charge on any atom is 0.226 e. The summed E-state index contributed by atoms with van der Waals surface area (Å²) in [7, 11) is 0. The average Bonchev–Trinajstić information content (AvgIpc) is 3.09. The Morgan fingerprint density at radius 2 is 1.33 bits per heavy atom. The summed E-state index contributed by atoms with van der Waals surface area (Å²) in [6.45, 7) is 8.64. The van der Waals surface area contributed by atoms with E-state index in [1.54, 1.807) is 12.1 Å². The predicted octanol–water partition coefficient (Wildman–Crippen LogP) is 12.2. The first-order valence-electron chi connectivity index (χ1n) is 17.4. The van der Waals surface area contributed by atoms with Crippen LogP contribution in [0.25, 0.3) is 64.0 Å². The summed E-state index contributed by atoms with van der Waals surface area (Å²) in [6.07, 6.45) is 5.03.